The molecule has 0 bridgehead atoms. The second kappa shape index (κ2) is 6.51. The van der Waals surface area contributed by atoms with Gasteiger partial charge in [-0.1, -0.05) is 29.8 Å². The fourth-order valence-electron chi connectivity index (χ4n) is 1.49. The minimum absolute atomic E-state index is 0.141. The maximum Gasteiger partial charge on any atom is 0.303 e. The molecule has 16 heavy (non-hydrogen) atoms. The molecular weight excluding hydrogens is 226 g/mol. The van der Waals surface area contributed by atoms with Crippen molar-refractivity contribution in [3.63, 3.8) is 0 Å². The van der Waals surface area contributed by atoms with Crippen molar-refractivity contribution in [2.75, 3.05) is 6.54 Å². The average molecular weight is 242 g/mol. The van der Waals surface area contributed by atoms with Crippen LogP contribution >= 0.6 is 11.6 Å². The molecule has 4 heteroatoms. The van der Waals surface area contributed by atoms with E-state index in [0.717, 1.165) is 10.6 Å². The number of carbonyl (C=O) groups is 1. The number of hydrogen-bond donors (Lipinski definition) is 2. The maximum absolute atomic E-state index is 10.3. The van der Waals surface area contributed by atoms with Gasteiger partial charge in [-0.2, -0.15) is 0 Å². The summed E-state index contributed by atoms with van der Waals surface area (Å²) in [6.07, 6.45) is 0.826. The Bertz CT molecular complexity index is 355. The molecule has 1 aromatic carbocycles. The van der Waals surface area contributed by atoms with Crippen molar-refractivity contribution < 1.29 is 9.90 Å². The molecular formula is C12H16ClNO2. The zero-order chi connectivity index (χ0) is 12.0. The van der Waals surface area contributed by atoms with Crippen molar-refractivity contribution in [3.05, 3.63) is 34.9 Å². The minimum atomic E-state index is -0.757. The molecule has 0 fully saturated rings. The highest BCUT2D eigenvalue weighted by molar-refractivity contribution is 6.31. The fourth-order valence-corrected chi connectivity index (χ4v) is 1.79. The lowest BCUT2D eigenvalue weighted by molar-refractivity contribution is -0.137. The van der Waals surface area contributed by atoms with Crippen LogP contribution in [0.15, 0.2) is 24.3 Å². The highest BCUT2D eigenvalue weighted by atomic mass is 35.5. The van der Waals surface area contributed by atoms with Gasteiger partial charge in [-0.05, 0) is 31.5 Å². The van der Waals surface area contributed by atoms with E-state index in [9.17, 15) is 4.79 Å². The highest BCUT2D eigenvalue weighted by Crippen LogP contribution is 2.21. The Morgan fingerprint density at radius 2 is 2.19 bits per heavy atom. The molecule has 3 nitrogen and oxygen atoms in total. The Kier molecular flexibility index (Phi) is 5.29. The lowest BCUT2D eigenvalue weighted by Gasteiger charge is -2.15. The Hall–Kier alpha value is -1.06. The smallest absolute Gasteiger partial charge is 0.303 e. The summed E-state index contributed by atoms with van der Waals surface area (Å²) in [6, 6.07) is 7.80. The Balaban J connectivity index is 2.38. The normalized spacial score (nSPS) is 12.4. The van der Waals surface area contributed by atoms with Crippen molar-refractivity contribution in [1.82, 2.24) is 5.32 Å². The second-order valence-electron chi connectivity index (χ2n) is 3.69. The molecule has 2 N–H and O–H groups in total. The van der Waals surface area contributed by atoms with E-state index in [0.29, 0.717) is 13.0 Å². The quantitative estimate of drug-likeness (QED) is 0.753. The first kappa shape index (κ1) is 13.0. The summed E-state index contributed by atoms with van der Waals surface area (Å²) in [4.78, 5) is 10.3. The van der Waals surface area contributed by atoms with Crippen LogP contribution in [0, 0.1) is 0 Å². The summed E-state index contributed by atoms with van der Waals surface area (Å²) >= 11 is 6.05. The van der Waals surface area contributed by atoms with Gasteiger partial charge in [0.15, 0.2) is 0 Å². The SMILES string of the molecule is C[C@H](NCCCC(=O)O)c1ccccc1Cl. The van der Waals surface area contributed by atoms with Crippen molar-refractivity contribution in [2.24, 2.45) is 0 Å². The lowest BCUT2D eigenvalue weighted by Crippen LogP contribution is -2.20. The lowest BCUT2D eigenvalue weighted by atomic mass is 10.1. The summed E-state index contributed by atoms with van der Waals surface area (Å²) < 4.78 is 0. The van der Waals surface area contributed by atoms with Gasteiger partial charge in [0.25, 0.3) is 0 Å². The number of carboxylic acid groups (broad SMARTS) is 1. The number of halogens is 1. The van der Waals surface area contributed by atoms with Crippen molar-refractivity contribution in [3.8, 4) is 0 Å². The van der Waals surface area contributed by atoms with E-state index in [4.69, 9.17) is 16.7 Å². The van der Waals surface area contributed by atoms with Crippen LogP contribution in [-0.2, 0) is 4.79 Å². The molecule has 0 heterocycles. The predicted octanol–water partition coefficient (Wildman–Crippen LogP) is 2.86. The van der Waals surface area contributed by atoms with Crippen LogP contribution in [0.4, 0.5) is 0 Å². The predicted molar refractivity (Wildman–Crippen MR) is 64.7 cm³/mol. The van der Waals surface area contributed by atoms with E-state index in [1.165, 1.54) is 0 Å². The number of aliphatic carboxylic acids is 1. The van der Waals surface area contributed by atoms with Gasteiger partial charge in [0.2, 0.25) is 0 Å². The van der Waals surface area contributed by atoms with Crippen LogP contribution < -0.4 is 5.32 Å². The van der Waals surface area contributed by atoms with E-state index in [1.807, 2.05) is 31.2 Å². The van der Waals surface area contributed by atoms with Crippen LogP contribution in [0.3, 0.4) is 0 Å². The van der Waals surface area contributed by atoms with E-state index >= 15 is 0 Å². The summed E-state index contributed by atoms with van der Waals surface area (Å²) in [7, 11) is 0. The van der Waals surface area contributed by atoms with Crippen LogP contribution in [0.25, 0.3) is 0 Å². The second-order valence-corrected chi connectivity index (χ2v) is 4.10. The molecule has 0 aromatic heterocycles. The Morgan fingerprint density at radius 3 is 2.81 bits per heavy atom. The molecule has 0 aliphatic heterocycles. The van der Waals surface area contributed by atoms with Crippen molar-refractivity contribution >= 4 is 17.6 Å². The molecule has 1 aromatic rings. The first-order chi connectivity index (χ1) is 7.61. The first-order valence-corrected chi connectivity index (χ1v) is 5.68. The van der Waals surface area contributed by atoms with Crippen LogP contribution in [0.5, 0.6) is 0 Å². The average Bonchev–Trinajstić information content (AvgIpc) is 2.24. The molecule has 0 spiro atoms. The fraction of sp³-hybridized carbons (Fsp3) is 0.417. The monoisotopic (exact) mass is 241 g/mol. The molecule has 0 saturated heterocycles. The topological polar surface area (TPSA) is 49.3 Å². The van der Waals surface area contributed by atoms with Gasteiger partial charge >= 0.3 is 5.97 Å². The number of benzene rings is 1. The number of carboxylic acids is 1. The van der Waals surface area contributed by atoms with Gasteiger partial charge in [0.05, 0.1) is 0 Å². The Labute approximate surface area is 100 Å². The third-order valence-electron chi connectivity index (χ3n) is 2.39. The minimum Gasteiger partial charge on any atom is -0.481 e. The van der Waals surface area contributed by atoms with Gasteiger partial charge in [-0.3, -0.25) is 4.79 Å². The third-order valence-corrected chi connectivity index (χ3v) is 2.73. The van der Waals surface area contributed by atoms with Gasteiger partial charge in [-0.25, -0.2) is 0 Å². The van der Waals surface area contributed by atoms with Gasteiger partial charge in [-0.15, -0.1) is 0 Å². The van der Waals surface area contributed by atoms with Gasteiger partial charge < -0.3 is 10.4 Å². The van der Waals surface area contributed by atoms with Crippen LogP contribution in [0.1, 0.15) is 31.4 Å². The molecule has 0 saturated carbocycles. The summed E-state index contributed by atoms with van der Waals surface area (Å²) in [5.74, 6) is -0.757. The van der Waals surface area contributed by atoms with Crippen molar-refractivity contribution in [2.45, 2.75) is 25.8 Å². The van der Waals surface area contributed by atoms with Gasteiger partial charge in [0, 0.05) is 17.5 Å². The van der Waals surface area contributed by atoms with E-state index in [1.54, 1.807) is 0 Å². The van der Waals surface area contributed by atoms with Crippen LogP contribution in [0.2, 0.25) is 5.02 Å². The van der Waals surface area contributed by atoms with Crippen LogP contribution in [-0.4, -0.2) is 17.6 Å². The summed E-state index contributed by atoms with van der Waals surface area (Å²) in [5, 5.41) is 12.5. The molecule has 1 atom stereocenters. The molecule has 0 aliphatic rings. The molecule has 88 valence electrons. The molecule has 0 radical (unpaired) electrons. The molecule has 0 aliphatic carbocycles. The third kappa shape index (κ3) is 4.21. The van der Waals surface area contributed by atoms with E-state index < -0.39 is 5.97 Å². The maximum atomic E-state index is 10.3. The molecule has 0 unspecified atom stereocenters. The molecule has 0 amide bonds. The highest BCUT2D eigenvalue weighted by Gasteiger charge is 2.07. The number of nitrogens with one attached hydrogen (secondary N) is 1. The summed E-state index contributed by atoms with van der Waals surface area (Å²) in [6.45, 7) is 2.70. The summed E-state index contributed by atoms with van der Waals surface area (Å²) in [5.41, 5.74) is 1.04. The zero-order valence-corrected chi connectivity index (χ0v) is 10.00. The van der Waals surface area contributed by atoms with E-state index in [-0.39, 0.29) is 12.5 Å². The largest absolute Gasteiger partial charge is 0.481 e. The standard InChI is InChI=1S/C12H16ClNO2/c1-9(14-8-4-7-12(15)16)10-5-2-3-6-11(10)13/h2-3,5-6,9,14H,4,7-8H2,1H3,(H,15,16)/t9-/m0/s1. The van der Waals surface area contributed by atoms with E-state index in [2.05, 4.69) is 5.32 Å². The number of rotatable bonds is 6. The van der Waals surface area contributed by atoms with Gasteiger partial charge in [0.1, 0.15) is 0 Å². The Morgan fingerprint density at radius 1 is 1.50 bits per heavy atom. The molecule has 1 rings (SSSR count). The first-order valence-electron chi connectivity index (χ1n) is 5.31. The van der Waals surface area contributed by atoms with Crippen molar-refractivity contribution in [1.29, 1.82) is 0 Å². The number of hydrogen-bond acceptors (Lipinski definition) is 2. The zero-order valence-electron chi connectivity index (χ0n) is 9.24.